The number of halogens is 7. The molecular formula is C28H23F7N2O2. The summed E-state index contributed by atoms with van der Waals surface area (Å²) in [6.07, 6.45) is -12.5. The summed E-state index contributed by atoms with van der Waals surface area (Å²) in [5.41, 5.74) is 3.21. The molecule has 0 spiro atoms. The minimum absolute atomic E-state index is 0.0969. The van der Waals surface area contributed by atoms with Crippen LogP contribution >= 0.6 is 0 Å². The molecule has 1 aliphatic carbocycles. The van der Waals surface area contributed by atoms with Gasteiger partial charge in [-0.3, -0.25) is 0 Å². The van der Waals surface area contributed by atoms with Gasteiger partial charge >= 0.3 is 18.7 Å². The zero-order valence-electron chi connectivity index (χ0n) is 20.2. The topological polar surface area (TPSA) is 35.9 Å². The molecule has 1 N–H and O–H groups in total. The molecule has 206 valence electrons. The third kappa shape index (κ3) is 5.27. The van der Waals surface area contributed by atoms with Crippen LogP contribution in [-0.4, -0.2) is 43.0 Å². The van der Waals surface area contributed by atoms with Crippen molar-refractivity contribution in [2.75, 3.05) is 22.9 Å². The molecule has 1 heterocycles. The van der Waals surface area contributed by atoms with E-state index >= 15 is 0 Å². The van der Waals surface area contributed by atoms with Gasteiger partial charge in [0.15, 0.2) is 6.10 Å². The van der Waals surface area contributed by atoms with Crippen molar-refractivity contribution in [1.29, 1.82) is 0 Å². The number of aliphatic hydroxyl groups excluding tert-OH is 1. The Morgan fingerprint density at radius 2 is 1.59 bits per heavy atom. The van der Waals surface area contributed by atoms with E-state index in [0.29, 0.717) is 11.4 Å². The Hall–Kier alpha value is -3.73. The first kappa shape index (κ1) is 26.9. The molecule has 4 nitrogen and oxygen atoms in total. The van der Waals surface area contributed by atoms with Crippen molar-refractivity contribution < 1.29 is 40.6 Å². The van der Waals surface area contributed by atoms with E-state index in [0.717, 1.165) is 23.3 Å². The average Bonchev–Trinajstić information content (AvgIpc) is 3.32. The first-order valence-electron chi connectivity index (χ1n) is 12.0. The molecule has 3 aromatic rings. The van der Waals surface area contributed by atoms with Gasteiger partial charge in [-0.1, -0.05) is 60.7 Å². The molecule has 5 rings (SSSR count). The quantitative estimate of drug-likeness (QED) is 0.321. The monoisotopic (exact) mass is 552 g/mol. The van der Waals surface area contributed by atoms with Gasteiger partial charge in [0.25, 0.3) is 0 Å². The lowest BCUT2D eigenvalue weighted by Crippen LogP contribution is -2.49. The fourth-order valence-corrected chi connectivity index (χ4v) is 5.05. The predicted octanol–water partition coefficient (Wildman–Crippen LogP) is 6.98. The summed E-state index contributed by atoms with van der Waals surface area (Å²) in [6.45, 7) is -0.742. The zero-order chi connectivity index (χ0) is 27.9. The van der Waals surface area contributed by atoms with E-state index in [2.05, 4.69) is 4.74 Å². The normalized spacial score (nSPS) is 19.7. The van der Waals surface area contributed by atoms with E-state index in [1.165, 1.54) is 17.0 Å². The number of hydrogen-bond acceptors (Lipinski definition) is 4. The number of anilines is 2. The third-order valence-corrected chi connectivity index (χ3v) is 6.85. The van der Waals surface area contributed by atoms with Crippen molar-refractivity contribution in [3.05, 3.63) is 95.6 Å². The average molecular weight is 552 g/mol. The molecule has 0 aromatic heterocycles. The number of hydrogen-bond donors (Lipinski definition) is 1. The molecule has 2 unspecified atom stereocenters. The Bertz CT molecular complexity index is 1360. The molecular weight excluding hydrogens is 529 g/mol. The standard InChI is InChI=1S/C28H23F7N2O2/c29-26(30)28(34,35)39-19-8-5-7-18(14-19)24-15-36(21-13-12-17-6-1-2-9-20(17)21)22-10-3-4-11-23(22)37(24)16-25(38)27(31,32)33/h1-14,21,24-26,38H,15-16H2/t21?,24?,25-/m1/s1. The number of alkyl halides is 7. The van der Waals surface area contributed by atoms with Gasteiger partial charge in [0.1, 0.15) is 5.75 Å². The van der Waals surface area contributed by atoms with Crippen LogP contribution in [-0.2, 0) is 0 Å². The molecule has 3 atom stereocenters. The summed E-state index contributed by atoms with van der Waals surface area (Å²) in [7, 11) is 0. The maximum atomic E-state index is 13.6. The highest BCUT2D eigenvalue weighted by atomic mass is 19.4. The lowest BCUT2D eigenvalue weighted by molar-refractivity contribution is -0.253. The second-order valence-corrected chi connectivity index (χ2v) is 9.34. The SMILES string of the molecule is O[C@H](CN1c2ccccc2N(C2C=Cc3ccccc32)CC1c1cccc(OC(F)(F)C(F)F)c1)C(F)(F)F. The van der Waals surface area contributed by atoms with Crippen molar-refractivity contribution in [2.24, 2.45) is 0 Å². The number of nitrogens with zero attached hydrogens (tertiary/aromatic N) is 2. The number of rotatable bonds is 7. The van der Waals surface area contributed by atoms with Gasteiger partial charge in [0.2, 0.25) is 0 Å². The fourth-order valence-electron chi connectivity index (χ4n) is 5.05. The number of β-amino-alcohol motifs (C(OH)–C–C–N with tert-alkyl or cyclic N) is 1. The molecule has 0 amide bonds. The Balaban J connectivity index is 1.59. The van der Waals surface area contributed by atoms with Crippen molar-refractivity contribution in [2.45, 2.75) is 36.9 Å². The smallest absolute Gasteiger partial charge is 0.428 e. The highest BCUT2D eigenvalue weighted by molar-refractivity contribution is 5.77. The maximum Gasteiger partial charge on any atom is 0.461 e. The molecule has 1 aliphatic heterocycles. The molecule has 11 heteroatoms. The van der Waals surface area contributed by atoms with Crippen LogP contribution in [0.3, 0.4) is 0 Å². The van der Waals surface area contributed by atoms with Crippen molar-refractivity contribution in [1.82, 2.24) is 0 Å². The van der Waals surface area contributed by atoms with Gasteiger partial charge in [-0.25, -0.2) is 0 Å². The van der Waals surface area contributed by atoms with Crippen molar-refractivity contribution in [3.63, 3.8) is 0 Å². The van der Waals surface area contributed by atoms with Gasteiger partial charge in [-0.2, -0.15) is 30.7 Å². The molecule has 0 radical (unpaired) electrons. The lowest BCUT2D eigenvalue weighted by atomic mass is 9.96. The Kier molecular flexibility index (Phi) is 6.96. The Morgan fingerprint density at radius 1 is 0.897 bits per heavy atom. The van der Waals surface area contributed by atoms with Gasteiger partial charge in [-0.05, 0) is 41.0 Å². The van der Waals surface area contributed by atoms with Gasteiger partial charge in [0, 0.05) is 6.54 Å². The van der Waals surface area contributed by atoms with Crippen LogP contribution in [0.2, 0.25) is 0 Å². The van der Waals surface area contributed by atoms with E-state index in [9.17, 15) is 35.8 Å². The van der Waals surface area contributed by atoms with Gasteiger partial charge < -0.3 is 19.6 Å². The number of fused-ring (bicyclic) bond motifs is 2. The predicted molar refractivity (Wildman–Crippen MR) is 132 cm³/mol. The Labute approximate surface area is 219 Å². The second-order valence-electron chi connectivity index (χ2n) is 9.34. The van der Waals surface area contributed by atoms with E-state index < -0.39 is 43.2 Å². The van der Waals surface area contributed by atoms with E-state index in [1.54, 1.807) is 24.3 Å². The fraction of sp³-hybridized carbons (Fsp3) is 0.286. The molecule has 0 saturated carbocycles. The second kappa shape index (κ2) is 10.1. The highest BCUT2D eigenvalue weighted by Gasteiger charge is 2.45. The number of ether oxygens (including phenoxy) is 1. The van der Waals surface area contributed by atoms with Crippen molar-refractivity contribution >= 4 is 17.5 Å². The van der Waals surface area contributed by atoms with Gasteiger partial charge in [0.05, 0.1) is 30.0 Å². The van der Waals surface area contributed by atoms with Crippen LogP contribution in [0.4, 0.5) is 42.1 Å². The van der Waals surface area contributed by atoms with Crippen LogP contribution in [0.1, 0.15) is 28.8 Å². The highest BCUT2D eigenvalue weighted by Crippen LogP contribution is 2.47. The maximum absolute atomic E-state index is 13.6. The number of benzene rings is 3. The summed E-state index contributed by atoms with van der Waals surface area (Å²) >= 11 is 0. The summed E-state index contributed by atoms with van der Waals surface area (Å²) in [6, 6.07) is 18.2. The molecule has 39 heavy (non-hydrogen) atoms. The molecule has 0 saturated heterocycles. The summed E-state index contributed by atoms with van der Waals surface area (Å²) in [4.78, 5) is 3.35. The first-order valence-corrected chi connectivity index (χ1v) is 12.0. The van der Waals surface area contributed by atoms with Crippen LogP contribution in [0.15, 0.2) is 78.9 Å². The van der Waals surface area contributed by atoms with Crippen LogP contribution in [0, 0.1) is 0 Å². The summed E-state index contributed by atoms with van der Waals surface area (Å²) < 4.78 is 97.4. The van der Waals surface area contributed by atoms with E-state index in [-0.39, 0.29) is 18.2 Å². The van der Waals surface area contributed by atoms with Crippen LogP contribution in [0.25, 0.3) is 6.08 Å². The van der Waals surface area contributed by atoms with Crippen LogP contribution < -0.4 is 14.5 Å². The lowest BCUT2D eigenvalue weighted by Gasteiger charge is -2.47. The molecule has 0 fully saturated rings. The minimum Gasteiger partial charge on any atom is -0.428 e. The molecule has 0 bridgehead atoms. The summed E-state index contributed by atoms with van der Waals surface area (Å²) in [5, 5.41) is 10.0. The first-order chi connectivity index (χ1) is 18.5. The Morgan fingerprint density at radius 3 is 2.31 bits per heavy atom. The minimum atomic E-state index is -4.91. The third-order valence-electron chi connectivity index (χ3n) is 6.85. The van der Waals surface area contributed by atoms with Gasteiger partial charge in [-0.15, -0.1) is 0 Å². The van der Waals surface area contributed by atoms with E-state index in [1.807, 2.05) is 41.3 Å². The molecule has 3 aromatic carbocycles. The van der Waals surface area contributed by atoms with E-state index in [4.69, 9.17) is 0 Å². The summed E-state index contributed by atoms with van der Waals surface area (Å²) in [5.74, 6) is -0.564. The molecule has 2 aliphatic rings. The van der Waals surface area contributed by atoms with Crippen molar-refractivity contribution in [3.8, 4) is 5.75 Å². The number of aliphatic hydroxyl groups is 1. The number of para-hydroxylation sites is 2. The zero-order valence-corrected chi connectivity index (χ0v) is 20.2. The van der Waals surface area contributed by atoms with Crippen LogP contribution in [0.5, 0.6) is 5.75 Å². The largest absolute Gasteiger partial charge is 0.461 e.